The van der Waals surface area contributed by atoms with E-state index in [1.165, 1.54) is 18.2 Å². The number of carbonyl (C=O) groups excluding carboxylic acids is 3. The SMILES string of the molecule is CCOc1cc(C)c(/C=C2\C(=O)NC(=O)N(c3ccc(F)cc3)C2=O)cc1C(C)C. The molecule has 1 aliphatic heterocycles. The van der Waals surface area contributed by atoms with Gasteiger partial charge in [-0.2, -0.15) is 0 Å². The van der Waals surface area contributed by atoms with Gasteiger partial charge in [0.1, 0.15) is 17.1 Å². The molecule has 1 aliphatic rings. The molecule has 0 atom stereocenters. The second-order valence-corrected chi connectivity index (χ2v) is 7.27. The Morgan fingerprint density at radius 2 is 1.80 bits per heavy atom. The number of hydrogen-bond donors (Lipinski definition) is 1. The fourth-order valence-electron chi connectivity index (χ4n) is 3.24. The van der Waals surface area contributed by atoms with Gasteiger partial charge in [0.2, 0.25) is 0 Å². The van der Waals surface area contributed by atoms with Gasteiger partial charge in [-0.3, -0.25) is 14.9 Å². The number of barbiturate groups is 1. The number of aryl methyl sites for hydroxylation is 1. The van der Waals surface area contributed by atoms with Crippen LogP contribution in [0.2, 0.25) is 0 Å². The summed E-state index contributed by atoms with van der Waals surface area (Å²) in [6, 6.07) is 7.78. The summed E-state index contributed by atoms with van der Waals surface area (Å²) in [5.74, 6) is -1.12. The summed E-state index contributed by atoms with van der Waals surface area (Å²) < 4.78 is 18.9. The molecule has 7 heteroatoms. The van der Waals surface area contributed by atoms with Crippen LogP contribution in [-0.4, -0.2) is 24.5 Å². The van der Waals surface area contributed by atoms with Crippen LogP contribution in [0.3, 0.4) is 0 Å². The molecule has 2 aromatic rings. The molecule has 1 fully saturated rings. The maximum Gasteiger partial charge on any atom is 0.335 e. The van der Waals surface area contributed by atoms with Crippen molar-refractivity contribution in [3.63, 3.8) is 0 Å². The van der Waals surface area contributed by atoms with Crippen LogP contribution >= 0.6 is 0 Å². The van der Waals surface area contributed by atoms with Crippen molar-refractivity contribution >= 4 is 29.6 Å². The van der Waals surface area contributed by atoms with Crippen molar-refractivity contribution < 1.29 is 23.5 Å². The first kappa shape index (κ1) is 21.2. The van der Waals surface area contributed by atoms with Crippen molar-refractivity contribution in [2.45, 2.75) is 33.6 Å². The number of imide groups is 2. The molecule has 3 rings (SSSR count). The molecule has 0 radical (unpaired) electrons. The van der Waals surface area contributed by atoms with Crippen LogP contribution in [0.15, 0.2) is 42.0 Å². The van der Waals surface area contributed by atoms with Gasteiger partial charge in [0.15, 0.2) is 0 Å². The molecule has 1 saturated heterocycles. The van der Waals surface area contributed by atoms with Crippen LogP contribution < -0.4 is 15.0 Å². The Hall–Kier alpha value is -3.48. The normalized spacial score (nSPS) is 15.7. The third-order valence-electron chi connectivity index (χ3n) is 4.81. The first-order chi connectivity index (χ1) is 14.2. The lowest BCUT2D eigenvalue weighted by Crippen LogP contribution is -2.54. The van der Waals surface area contributed by atoms with Gasteiger partial charge in [-0.05, 0) is 78.9 Å². The first-order valence-corrected chi connectivity index (χ1v) is 9.67. The number of anilines is 1. The molecule has 0 bridgehead atoms. The van der Waals surface area contributed by atoms with Gasteiger partial charge in [-0.1, -0.05) is 13.8 Å². The Balaban J connectivity index is 2.06. The van der Waals surface area contributed by atoms with E-state index in [4.69, 9.17) is 4.74 Å². The number of urea groups is 1. The second-order valence-electron chi connectivity index (χ2n) is 7.27. The van der Waals surface area contributed by atoms with Crippen LogP contribution in [-0.2, 0) is 9.59 Å². The number of hydrogen-bond acceptors (Lipinski definition) is 4. The quantitative estimate of drug-likeness (QED) is 0.588. The Kier molecular flexibility index (Phi) is 6.01. The number of nitrogens with zero attached hydrogens (tertiary/aromatic N) is 1. The molecule has 6 nitrogen and oxygen atoms in total. The first-order valence-electron chi connectivity index (χ1n) is 9.67. The van der Waals surface area contributed by atoms with E-state index in [0.717, 1.165) is 33.9 Å². The Morgan fingerprint density at radius 3 is 2.40 bits per heavy atom. The van der Waals surface area contributed by atoms with Gasteiger partial charge < -0.3 is 4.74 Å². The third-order valence-corrected chi connectivity index (χ3v) is 4.81. The topological polar surface area (TPSA) is 75.7 Å². The maximum absolute atomic E-state index is 13.2. The van der Waals surface area contributed by atoms with E-state index in [-0.39, 0.29) is 17.2 Å². The second kappa shape index (κ2) is 8.49. The van der Waals surface area contributed by atoms with Crippen molar-refractivity contribution in [2.24, 2.45) is 0 Å². The molecular weight excluding hydrogens is 387 g/mol. The molecule has 2 aromatic carbocycles. The zero-order valence-corrected chi connectivity index (χ0v) is 17.3. The minimum atomic E-state index is -0.875. The number of halogens is 1. The van der Waals surface area contributed by atoms with Crippen LogP contribution in [0.1, 0.15) is 43.4 Å². The highest BCUT2D eigenvalue weighted by Crippen LogP contribution is 2.31. The Labute approximate surface area is 174 Å². The molecule has 30 heavy (non-hydrogen) atoms. The number of benzene rings is 2. The van der Waals surface area contributed by atoms with Gasteiger partial charge in [-0.15, -0.1) is 0 Å². The lowest BCUT2D eigenvalue weighted by atomic mass is 9.95. The van der Waals surface area contributed by atoms with Gasteiger partial charge in [0, 0.05) is 0 Å². The van der Waals surface area contributed by atoms with Crippen molar-refractivity contribution in [1.82, 2.24) is 5.32 Å². The highest BCUT2D eigenvalue weighted by molar-refractivity contribution is 6.39. The monoisotopic (exact) mass is 410 g/mol. The van der Waals surface area contributed by atoms with E-state index in [1.54, 1.807) is 0 Å². The number of rotatable bonds is 5. The number of carbonyl (C=O) groups is 3. The van der Waals surface area contributed by atoms with Crippen molar-refractivity contribution in [1.29, 1.82) is 0 Å². The van der Waals surface area contributed by atoms with Crippen molar-refractivity contribution in [3.8, 4) is 5.75 Å². The maximum atomic E-state index is 13.2. The molecule has 0 aromatic heterocycles. The molecule has 0 unspecified atom stereocenters. The predicted octanol–water partition coefficient (Wildman–Crippen LogP) is 4.32. The number of amides is 4. The molecule has 0 saturated carbocycles. The predicted molar refractivity (Wildman–Crippen MR) is 112 cm³/mol. The molecular formula is C23H23FN2O4. The van der Waals surface area contributed by atoms with E-state index in [9.17, 15) is 18.8 Å². The van der Waals surface area contributed by atoms with E-state index in [0.29, 0.717) is 12.2 Å². The summed E-state index contributed by atoms with van der Waals surface area (Å²) in [4.78, 5) is 38.5. The van der Waals surface area contributed by atoms with Gasteiger partial charge >= 0.3 is 6.03 Å². The minimum Gasteiger partial charge on any atom is -0.494 e. The highest BCUT2D eigenvalue weighted by atomic mass is 19.1. The van der Waals surface area contributed by atoms with Crippen LogP contribution in [0.5, 0.6) is 5.75 Å². The van der Waals surface area contributed by atoms with Gasteiger partial charge in [0.05, 0.1) is 12.3 Å². The van der Waals surface area contributed by atoms with Crippen LogP contribution in [0, 0.1) is 12.7 Å². The van der Waals surface area contributed by atoms with Crippen molar-refractivity contribution in [3.05, 3.63) is 64.5 Å². The zero-order chi connectivity index (χ0) is 22.0. The van der Waals surface area contributed by atoms with E-state index >= 15 is 0 Å². The molecule has 0 spiro atoms. The highest BCUT2D eigenvalue weighted by Gasteiger charge is 2.37. The van der Waals surface area contributed by atoms with Crippen LogP contribution in [0.25, 0.3) is 6.08 Å². The lowest BCUT2D eigenvalue weighted by molar-refractivity contribution is -0.122. The summed E-state index contributed by atoms with van der Waals surface area (Å²) in [7, 11) is 0. The summed E-state index contributed by atoms with van der Waals surface area (Å²) in [6.45, 7) is 8.33. The number of ether oxygens (including phenoxy) is 1. The molecule has 1 heterocycles. The summed E-state index contributed by atoms with van der Waals surface area (Å²) in [6.07, 6.45) is 1.47. The smallest absolute Gasteiger partial charge is 0.335 e. The van der Waals surface area contributed by atoms with Gasteiger partial charge in [-0.25, -0.2) is 14.1 Å². The summed E-state index contributed by atoms with van der Waals surface area (Å²) >= 11 is 0. The third kappa shape index (κ3) is 4.10. The average molecular weight is 410 g/mol. The fraction of sp³-hybridized carbons (Fsp3) is 0.261. The fourth-order valence-corrected chi connectivity index (χ4v) is 3.24. The molecule has 4 amide bonds. The summed E-state index contributed by atoms with van der Waals surface area (Å²) in [5.41, 5.74) is 2.43. The van der Waals surface area contributed by atoms with E-state index in [2.05, 4.69) is 5.32 Å². The van der Waals surface area contributed by atoms with Gasteiger partial charge in [0.25, 0.3) is 11.8 Å². The molecule has 156 valence electrons. The zero-order valence-electron chi connectivity index (χ0n) is 17.3. The van der Waals surface area contributed by atoms with E-state index in [1.807, 2.05) is 39.8 Å². The Bertz CT molecular complexity index is 1040. The standard InChI is InChI=1S/C23H23FN2O4/c1-5-30-20-10-14(4)15(11-18(20)13(2)3)12-19-21(27)25-23(29)26(22(19)28)17-8-6-16(24)7-9-17/h6-13H,5H2,1-4H3,(H,25,27,29)/b19-12+. The van der Waals surface area contributed by atoms with Crippen LogP contribution in [0.4, 0.5) is 14.9 Å². The van der Waals surface area contributed by atoms with E-state index < -0.39 is 23.7 Å². The summed E-state index contributed by atoms with van der Waals surface area (Å²) in [5, 5.41) is 2.17. The lowest BCUT2D eigenvalue weighted by Gasteiger charge is -2.26. The molecule has 1 N–H and O–H groups in total. The largest absolute Gasteiger partial charge is 0.494 e. The molecule has 0 aliphatic carbocycles. The van der Waals surface area contributed by atoms with Crippen molar-refractivity contribution in [2.75, 3.05) is 11.5 Å². The number of nitrogens with one attached hydrogen (secondary N) is 1. The average Bonchev–Trinajstić information content (AvgIpc) is 2.67. The Morgan fingerprint density at radius 1 is 1.13 bits per heavy atom. The minimum absolute atomic E-state index is 0.164.